The zero-order valence-corrected chi connectivity index (χ0v) is 20.6. The van der Waals surface area contributed by atoms with Gasteiger partial charge in [-0.3, -0.25) is 19.0 Å². The summed E-state index contributed by atoms with van der Waals surface area (Å²) in [6, 6.07) is 0.522. The van der Waals surface area contributed by atoms with Gasteiger partial charge in [0.25, 0.3) is 12.3 Å². The number of aryl methyl sites for hydroxylation is 2. The third-order valence-corrected chi connectivity index (χ3v) is 6.81. The van der Waals surface area contributed by atoms with Gasteiger partial charge in [0.05, 0.1) is 22.6 Å². The first-order valence-electron chi connectivity index (χ1n) is 10.7. The number of carbonyl (C=O) groups excluding carboxylic acids is 2. The van der Waals surface area contributed by atoms with Crippen molar-refractivity contribution in [1.29, 1.82) is 0 Å². The second kappa shape index (κ2) is 9.70. The lowest BCUT2D eigenvalue weighted by Gasteiger charge is -2.16. The average Bonchev–Trinajstić information content (AvgIpc) is 3.50. The summed E-state index contributed by atoms with van der Waals surface area (Å²) in [5, 5.41) is 12.0. The normalized spacial score (nSPS) is 12.4. The van der Waals surface area contributed by atoms with Gasteiger partial charge in [0.1, 0.15) is 21.4 Å². The lowest BCUT2D eigenvalue weighted by Crippen LogP contribution is -2.27. The fraction of sp³-hybridized carbons (Fsp3) is 0.318. The van der Waals surface area contributed by atoms with E-state index in [0.717, 1.165) is 11.3 Å². The van der Waals surface area contributed by atoms with Crippen molar-refractivity contribution in [3.05, 3.63) is 45.9 Å². The number of nitrogens with two attached hydrogens (primary N) is 1. The molecule has 4 rings (SSSR count). The molecule has 0 aromatic carbocycles. The highest BCUT2D eigenvalue weighted by atomic mass is 35.5. The number of aromatic nitrogens is 5. The number of alkyl halides is 2. The van der Waals surface area contributed by atoms with Crippen LogP contribution >= 0.6 is 22.9 Å². The Hall–Kier alpha value is -3.38. The summed E-state index contributed by atoms with van der Waals surface area (Å²) in [5.41, 5.74) is 6.82. The molecule has 9 nitrogen and oxygen atoms in total. The number of halogens is 3. The molecular weight excluding hydrogens is 500 g/mol. The Morgan fingerprint density at radius 2 is 2.00 bits per heavy atom. The Morgan fingerprint density at radius 1 is 1.26 bits per heavy atom. The number of hydrogen-bond acceptors (Lipinski definition) is 6. The van der Waals surface area contributed by atoms with Crippen molar-refractivity contribution in [2.75, 3.05) is 5.32 Å². The smallest absolute Gasteiger partial charge is 0.280 e. The molecule has 3 N–H and O–H groups in total. The number of fused-ring (bicyclic) bond motifs is 1. The highest BCUT2D eigenvalue weighted by Gasteiger charge is 2.28. The van der Waals surface area contributed by atoms with Crippen molar-refractivity contribution < 1.29 is 18.4 Å². The van der Waals surface area contributed by atoms with Gasteiger partial charge in [-0.15, -0.1) is 11.3 Å². The number of rotatable bonds is 8. The molecule has 1 atom stereocenters. The van der Waals surface area contributed by atoms with Crippen molar-refractivity contribution in [3.8, 4) is 11.1 Å². The number of hydrogen-bond donors (Lipinski definition) is 2. The van der Waals surface area contributed by atoms with Crippen LogP contribution in [0.3, 0.4) is 0 Å². The van der Waals surface area contributed by atoms with E-state index in [2.05, 4.69) is 20.5 Å². The maximum atomic E-state index is 13.7. The Balaban J connectivity index is 1.93. The molecule has 4 heterocycles. The van der Waals surface area contributed by atoms with Crippen LogP contribution < -0.4 is 11.1 Å². The highest BCUT2D eigenvalue weighted by molar-refractivity contribution is 7.21. The maximum Gasteiger partial charge on any atom is 0.280 e. The monoisotopic (exact) mass is 521 g/mol. The first-order valence-corrected chi connectivity index (χ1v) is 11.9. The third kappa shape index (κ3) is 4.63. The van der Waals surface area contributed by atoms with Crippen LogP contribution in [0, 0.1) is 6.92 Å². The van der Waals surface area contributed by atoms with Gasteiger partial charge < -0.3 is 11.1 Å². The lowest BCUT2D eigenvalue weighted by atomic mass is 10.0. The van der Waals surface area contributed by atoms with Crippen LogP contribution in [0.25, 0.3) is 21.3 Å². The molecule has 4 aromatic rings. The Morgan fingerprint density at radius 3 is 2.54 bits per heavy atom. The second-order valence-corrected chi connectivity index (χ2v) is 9.22. The van der Waals surface area contributed by atoms with Crippen molar-refractivity contribution in [3.63, 3.8) is 0 Å². The Kier molecular flexibility index (Phi) is 6.86. The first kappa shape index (κ1) is 24.7. The number of primary amides is 1. The fourth-order valence-electron chi connectivity index (χ4n) is 3.86. The second-order valence-electron chi connectivity index (χ2n) is 7.78. The molecule has 4 aromatic heterocycles. The number of pyridine rings is 1. The average molecular weight is 522 g/mol. The van der Waals surface area contributed by atoms with Gasteiger partial charge in [0.15, 0.2) is 0 Å². The SMILES string of the molecule is CCC(C(=O)Nc1c(C(N)=O)sc2nc(C(F)F)cc(-c3cn(CC)nc3C)c12)n1cc(Cl)cn1. The number of anilines is 1. The summed E-state index contributed by atoms with van der Waals surface area (Å²) in [4.78, 5) is 29.8. The highest BCUT2D eigenvalue weighted by Crippen LogP contribution is 2.43. The van der Waals surface area contributed by atoms with Gasteiger partial charge in [0.2, 0.25) is 5.91 Å². The van der Waals surface area contributed by atoms with Crippen molar-refractivity contribution in [2.24, 2.45) is 5.73 Å². The topological polar surface area (TPSA) is 121 Å². The van der Waals surface area contributed by atoms with Crippen molar-refractivity contribution in [2.45, 2.75) is 46.2 Å². The van der Waals surface area contributed by atoms with Crippen LogP contribution in [-0.4, -0.2) is 36.4 Å². The summed E-state index contributed by atoms with van der Waals surface area (Å²) in [6.07, 6.45) is 2.19. The summed E-state index contributed by atoms with van der Waals surface area (Å²) in [6.45, 7) is 6.02. The van der Waals surface area contributed by atoms with Crippen LogP contribution in [-0.2, 0) is 11.3 Å². The molecule has 0 bridgehead atoms. The molecule has 184 valence electrons. The minimum absolute atomic E-state index is 0.00223. The van der Waals surface area contributed by atoms with E-state index >= 15 is 0 Å². The zero-order chi connectivity index (χ0) is 25.4. The van der Waals surface area contributed by atoms with E-state index in [-0.39, 0.29) is 15.4 Å². The molecule has 0 aliphatic carbocycles. The van der Waals surface area contributed by atoms with Gasteiger partial charge in [-0.05, 0) is 31.9 Å². The van der Waals surface area contributed by atoms with Crippen LogP contribution in [0.15, 0.2) is 24.7 Å². The molecule has 0 spiro atoms. The van der Waals surface area contributed by atoms with E-state index in [1.165, 1.54) is 23.1 Å². The van der Waals surface area contributed by atoms with Gasteiger partial charge in [-0.1, -0.05) is 18.5 Å². The van der Waals surface area contributed by atoms with E-state index < -0.39 is 30.0 Å². The molecule has 0 saturated heterocycles. The molecule has 0 aliphatic rings. The molecule has 35 heavy (non-hydrogen) atoms. The standard InChI is InChI=1S/C22H22ClF2N7O2S/c1-4-15(32-8-11(23)7-27-32)21(34)29-17-16-12(13-9-31(5-2)30-10(13)3)6-14(19(24)25)28-22(16)35-18(17)20(26)33/h6-9,15,19H,4-5H2,1-3H3,(H2,26,33)(H,29,34). The number of thiophene rings is 1. The Labute approximate surface area is 207 Å². The molecule has 0 radical (unpaired) electrons. The molecular formula is C22H22ClF2N7O2S. The first-order chi connectivity index (χ1) is 16.6. The van der Waals surface area contributed by atoms with E-state index in [1.807, 2.05) is 6.92 Å². The van der Waals surface area contributed by atoms with Crippen LogP contribution in [0.5, 0.6) is 0 Å². The molecule has 0 aliphatic heterocycles. The van der Waals surface area contributed by atoms with Crippen molar-refractivity contribution >= 4 is 50.7 Å². The summed E-state index contributed by atoms with van der Waals surface area (Å²) in [5.74, 6) is -1.29. The molecule has 2 amide bonds. The van der Waals surface area contributed by atoms with Crippen molar-refractivity contribution in [1.82, 2.24) is 24.5 Å². The summed E-state index contributed by atoms with van der Waals surface area (Å²) >= 11 is 6.81. The minimum Gasteiger partial charge on any atom is -0.365 e. The van der Waals surface area contributed by atoms with E-state index in [1.54, 1.807) is 24.7 Å². The van der Waals surface area contributed by atoms with Crippen LogP contribution in [0.1, 0.15) is 53.8 Å². The number of carbonyl (C=O) groups is 2. The van der Waals surface area contributed by atoms with Gasteiger partial charge in [-0.25, -0.2) is 13.8 Å². The van der Waals surface area contributed by atoms with E-state index in [4.69, 9.17) is 17.3 Å². The summed E-state index contributed by atoms with van der Waals surface area (Å²) < 4.78 is 30.5. The van der Waals surface area contributed by atoms with E-state index in [0.29, 0.717) is 40.2 Å². The maximum absolute atomic E-state index is 13.7. The molecule has 1 unspecified atom stereocenters. The zero-order valence-electron chi connectivity index (χ0n) is 19.1. The Bertz CT molecular complexity index is 1430. The fourth-order valence-corrected chi connectivity index (χ4v) is 5.02. The lowest BCUT2D eigenvalue weighted by molar-refractivity contribution is -0.119. The number of nitrogens with zero attached hydrogens (tertiary/aromatic N) is 5. The number of amides is 2. The molecule has 13 heteroatoms. The van der Waals surface area contributed by atoms with Gasteiger partial charge in [-0.2, -0.15) is 10.2 Å². The van der Waals surface area contributed by atoms with Gasteiger partial charge in [0, 0.05) is 29.9 Å². The molecule has 0 fully saturated rings. The quantitative estimate of drug-likeness (QED) is 0.339. The molecule has 0 saturated carbocycles. The summed E-state index contributed by atoms with van der Waals surface area (Å²) in [7, 11) is 0. The van der Waals surface area contributed by atoms with E-state index in [9.17, 15) is 18.4 Å². The van der Waals surface area contributed by atoms with Crippen LogP contribution in [0.2, 0.25) is 5.02 Å². The third-order valence-electron chi connectivity index (χ3n) is 5.52. The predicted octanol–water partition coefficient (Wildman–Crippen LogP) is 4.96. The minimum atomic E-state index is -2.84. The predicted molar refractivity (Wildman–Crippen MR) is 130 cm³/mol. The largest absolute Gasteiger partial charge is 0.365 e. The van der Waals surface area contributed by atoms with Crippen LogP contribution in [0.4, 0.5) is 14.5 Å². The van der Waals surface area contributed by atoms with Gasteiger partial charge >= 0.3 is 0 Å². The number of nitrogens with one attached hydrogen (secondary N) is 1.